The van der Waals surface area contributed by atoms with Gasteiger partial charge in [0.15, 0.2) is 0 Å². The number of hydrogen-bond acceptors (Lipinski definition) is 4. The molecular weight excluding hydrogens is 724 g/mol. The minimum atomic E-state index is 0. The summed E-state index contributed by atoms with van der Waals surface area (Å²) in [6, 6.07) is 46.3. The number of benzene rings is 5. The zero-order valence-corrected chi connectivity index (χ0v) is 27.0. The third kappa shape index (κ3) is 5.80. The van der Waals surface area contributed by atoms with Gasteiger partial charge in [-0.15, -0.1) is 48.8 Å². The van der Waals surface area contributed by atoms with Gasteiger partial charge in [-0.2, -0.15) is 17.2 Å². The fraction of sp³-hybridized carbons (Fsp3) is 0.105. The first-order valence-corrected chi connectivity index (χ1v) is 14.4. The van der Waals surface area contributed by atoms with Gasteiger partial charge >= 0.3 is 0 Å². The summed E-state index contributed by atoms with van der Waals surface area (Å²) in [4.78, 5) is 4.46. The summed E-state index contributed by atoms with van der Waals surface area (Å²) in [7, 11) is 0. The Morgan fingerprint density at radius 2 is 1.32 bits per heavy atom. The molecule has 1 aliphatic heterocycles. The molecule has 0 radical (unpaired) electrons. The molecule has 0 atom stereocenters. The summed E-state index contributed by atoms with van der Waals surface area (Å²) in [5, 5.41) is 4.31. The van der Waals surface area contributed by atoms with Gasteiger partial charge in [0.2, 0.25) is 0 Å². The second-order valence-corrected chi connectivity index (χ2v) is 11.5. The molecule has 0 fully saturated rings. The number of rotatable bonds is 6. The van der Waals surface area contributed by atoms with Crippen LogP contribution in [0.4, 0.5) is 22.7 Å². The van der Waals surface area contributed by atoms with Gasteiger partial charge < -0.3 is 14.5 Å². The zero-order chi connectivity index (χ0) is 29.4. The van der Waals surface area contributed by atoms with Gasteiger partial charge in [-0.25, -0.2) is 0 Å². The van der Waals surface area contributed by atoms with Crippen LogP contribution in [0.3, 0.4) is 0 Å². The molecule has 2 heterocycles. The Morgan fingerprint density at radius 1 is 0.659 bits per heavy atom. The van der Waals surface area contributed by atoms with E-state index in [2.05, 4.69) is 133 Å². The molecule has 0 spiro atoms. The molecule has 5 aromatic carbocycles. The minimum Gasteiger partial charge on any atom is -0.509 e. The molecule has 7 rings (SSSR count). The molecule has 0 bridgehead atoms. The van der Waals surface area contributed by atoms with E-state index in [4.69, 9.17) is 4.74 Å². The van der Waals surface area contributed by atoms with Crippen LogP contribution in [0, 0.1) is 18.8 Å². The third-order valence-corrected chi connectivity index (χ3v) is 7.58. The molecule has 6 aromatic rings. The SMILES string of the molecule is CC(C)(C)c1ccc(-c2ccccc2)c(N2[CH-]N(c3[c-]c(Oc4[c-]c(-n5cccn5)ccc4)ccc3)c3ccccc32)c1.[Pt]. The first kappa shape index (κ1) is 29.5. The smallest absolute Gasteiger partial charge is 0.0493 e. The molecule has 0 saturated heterocycles. The number of hydrogen-bond donors (Lipinski definition) is 0. The fourth-order valence-electron chi connectivity index (χ4n) is 5.35. The molecule has 0 unspecified atom stereocenters. The second-order valence-electron chi connectivity index (χ2n) is 11.5. The van der Waals surface area contributed by atoms with Gasteiger partial charge in [0.25, 0.3) is 0 Å². The summed E-state index contributed by atoms with van der Waals surface area (Å²) < 4.78 is 8.00. The van der Waals surface area contributed by atoms with E-state index >= 15 is 0 Å². The van der Waals surface area contributed by atoms with Crippen molar-refractivity contribution in [2.24, 2.45) is 0 Å². The van der Waals surface area contributed by atoms with E-state index in [9.17, 15) is 0 Å². The van der Waals surface area contributed by atoms with Gasteiger partial charge in [0.05, 0.1) is 0 Å². The van der Waals surface area contributed by atoms with E-state index in [1.54, 1.807) is 10.9 Å². The molecule has 0 aliphatic carbocycles. The van der Waals surface area contributed by atoms with Gasteiger partial charge in [-0.05, 0) is 46.5 Å². The van der Waals surface area contributed by atoms with E-state index in [0.29, 0.717) is 11.5 Å². The molecule has 44 heavy (non-hydrogen) atoms. The first-order chi connectivity index (χ1) is 20.9. The Balaban J connectivity index is 0.00000343. The summed E-state index contributed by atoms with van der Waals surface area (Å²) in [5.74, 6) is 1.20. The van der Waals surface area contributed by atoms with Crippen LogP contribution in [0.25, 0.3) is 16.8 Å². The second kappa shape index (κ2) is 12.2. The van der Waals surface area contributed by atoms with Crippen molar-refractivity contribution in [1.82, 2.24) is 9.78 Å². The van der Waals surface area contributed by atoms with Gasteiger partial charge in [-0.3, -0.25) is 4.68 Å². The molecule has 6 heteroatoms. The van der Waals surface area contributed by atoms with Crippen molar-refractivity contribution >= 4 is 22.7 Å². The van der Waals surface area contributed by atoms with Crippen LogP contribution in [0.1, 0.15) is 26.3 Å². The van der Waals surface area contributed by atoms with Crippen molar-refractivity contribution in [2.75, 3.05) is 9.80 Å². The number of aromatic nitrogens is 2. The summed E-state index contributed by atoms with van der Waals surface area (Å²) in [6.07, 6.45) is 3.63. The van der Waals surface area contributed by atoms with Gasteiger partial charge in [0.1, 0.15) is 0 Å². The van der Waals surface area contributed by atoms with Crippen molar-refractivity contribution in [3.05, 3.63) is 152 Å². The van der Waals surface area contributed by atoms with E-state index in [1.807, 2.05) is 42.6 Å². The topological polar surface area (TPSA) is 33.5 Å². The van der Waals surface area contributed by atoms with Crippen molar-refractivity contribution in [3.63, 3.8) is 0 Å². The summed E-state index contributed by atoms with van der Waals surface area (Å²) in [5.41, 5.74) is 8.63. The number of anilines is 4. The normalized spacial score (nSPS) is 12.5. The number of para-hydroxylation sites is 2. The van der Waals surface area contributed by atoms with Gasteiger partial charge in [-0.1, -0.05) is 75.4 Å². The number of nitrogens with zero attached hydrogens (tertiary/aromatic N) is 4. The predicted octanol–water partition coefficient (Wildman–Crippen LogP) is 9.64. The van der Waals surface area contributed by atoms with E-state index in [-0.39, 0.29) is 26.5 Å². The largest absolute Gasteiger partial charge is 0.509 e. The Kier molecular flexibility index (Phi) is 8.16. The van der Waals surface area contributed by atoms with E-state index in [1.165, 1.54) is 16.7 Å². The Bertz CT molecular complexity index is 1880. The van der Waals surface area contributed by atoms with Crippen LogP contribution in [0.15, 0.2) is 128 Å². The van der Waals surface area contributed by atoms with Crippen LogP contribution in [0.5, 0.6) is 11.5 Å². The summed E-state index contributed by atoms with van der Waals surface area (Å²) >= 11 is 0. The maximum atomic E-state index is 6.24. The zero-order valence-electron chi connectivity index (χ0n) is 24.7. The minimum absolute atomic E-state index is 0. The van der Waals surface area contributed by atoms with Gasteiger partial charge in [0, 0.05) is 67.6 Å². The van der Waals surface area contributed by atoms with Crippen molar-refractivity contribution in [1.29, 1.82) is 0 Å². The third-order valence-electron chi connectivity index (χ3n) is 7.58. The van der Waals surface area contributed by atoms with Crippen molar-refractivity contribution < 1.29 is 25.8 Å². The maximum Gasteiger partial charge on any atom is 0.0493 e. The summed E-state index contributed by atoms with van der Waals surface area (Å²) in [6.45, 7) is 8.92. The molecule has 1 aromatic heterocycles. The Morgan fingerprint density at radius 3 is 2.00 bits per heavy atom. The Hall–Kier alpha value is -4.60. The number of ether oxygens (including phenoxy) is 1. The molecule has 222 valence electrons. The monoisotopic (exact) mass is 754 g/mol. The number of fused-ring (bicyclic) bond motifs is 1. The average molecular weight is 755 g/mol. The predicted molar refractivity (Wildman–Crippen MR) is 173 cm³/mol. The average Bonchev–Trinajstić information content (AvgIpc) is 3.70. The molecular formula is C38H31N4OPt-3. The van der Waals surface area contributed by atoms with E-state index < -0.39 is 0 Å². The van der Waals surface area contributed by atoms with Crippen molar-refractivity contribution in [3.8, 4) is 28.3 Å². The molecule has 0 saturated carbocycles. The fourth-order valence-corrected chi connectivity index (χ4v) is 5.35. The first-order valence-electron chi connectivity index (χ1n) is 14.4. The molecule has 0 N–H and O–H groups in total. The van der Waals surface area contributed by atoms with E-state index in [0.717, 1.165) is 28.4 Å². The van der Waals surface area contributed by atoms with Crippen LogP contribution in [-0.2, 0) is 26.5 Å². The van der Waals surface area contributed by atoms with Crippen molar-refractivity contribution in [2.45, 2.75) is 26.2 Å². The van der Waals surface area contributed by atoms with Crippen LogP contribution in [0.2, 0.25) is 0 Å². The van der Waals surface area contributed by atoms with Crippen LogP contribution < -0.4 is 14.5 Å². The Labute approximate surface area is 273 Å². The molecule has 5 nitrogen and oxygen atoms in total. The molecule has 0 amide bonds. The quantitative estimate of drug-likeness (QED) is 0.159. The van der Waals surface area contributed by atoms with Crippen LogP contribution >= 0.6 is 0 Å². The standard InChI is InChI=1S/C38H31N4O.Pt/c1-38(2,3)29-20-21-34(28-12-5-4-6-13-28)37(24-29)41-27-40(35-18-7-8-19-36(35)41)30-14-9-16-32(25-30)43-33-17-10-15-31(26-33)42-23-11-22-39-42;/h4-24,27H,1-3H3;/q-3;. The molecule has 1 aliphatic rings. The van der Waals surface area contributed by atoms with Crippen LogP contribution in [-0.4, -0.2) is 9.78 Å². The maximum absolute atomic E-state index is 6.24.